The average Bonchev–Trinajstić information content (AvgIpc) is 3.38. The first-order chi connectivity index (χ1) is 16.5. The highest BCUT2D eigenvalue weighted by atomic mass is 16.6. The molecule has 0 spiro atoms. The van der Waals surface area contributed by atoms with Crippen LogP contribution in [-0.4, -0.2) is 49.1 Å². The van der Waals surface area contributed by atoms with Crippen molar-refractivity contribution in [3.63, 3.8) is 0 Å². The predicted octanol–water partition coefficient (Wildman–Crippen LogP) is 3.88. The second-order valence-electron chi connectivity index (χ2n) is 9.01. The van der Waals surface area contributed by atoms with Crippen LogP contribution < -0.4 is 19.5 Å². The molecular formula is C27H34N2O5. The number of nitrogens with zero attached hydrogens (tertiary/aromatic N) is 1. The number of fused-ring (bicyclic) bond motifs is 1. The fourth-order valence-electron chi connectivity index (χ4n) is 4.54. The van der Waals surface area contributed by atoms with E-state index in [4.69, 9.17) is 14.2 Å². The van der Waals surface area contributed by atoms with Crippen LogP contribution in [0.5, 0.6) is 17.2 Å². The van der Waals surface area contributed by atoms with Crippen molar-refractivity contribution in [2.24, 2.45) is 0 Å². The summed E-state index contributed by atoms with van der Waals surface area (Å²) in [6.45, 7) is 3.25. The van der Waals surface area contributed by atoms with Crippen molar-refractivity contribution in [3.8, 4) is 17.2 Å². The van der Waals surface area contributed by atoms with E-state index < -0.39 is 6.04 Å². The van der Waals surface area contributed by atoms with Crippen molar-refractivity contribution in [3.05, 3.63) is 53.6 Å². The molecule has 0 saturated heterocycles. The molecule has 7 heteroatoms. The summed E-state index contributed by atoms with van der Waals surface area (Å²) >= 11 is 0. The lowest BCUT2D eigenvalue weighted by Crippen LogP contribution is -2.49. The maximum absolute atomic E-state index is 13.4. The molecule has 0 bridgehead atoms. The Morgan fingerprint density at radius 2 is 1.71 bits per heavy atom. The first-order valence-electron chi connectivity index (χ1n) is 12.1. The Morgan fingerprint density at radius 1 is 1.03 bits per heavy atom. The summed E-state index contributed by atoms with van der Waals surface area (Å²) in [7, 11) is 1.62. The number of ether oxygens (including phenoxy) is 3. The topological polar surface area (TPSA) is 77.1 Å². The molecule has 1 atom stereocenters. The van der Waals surface area contributed by atoms with Crippen molar-refractivity contribution in [1.82, 2.24) is 10.2 Å². The van der Waals surface area contributed by atoms with Crippen LogP contribution in [0.1, 0.15) is 50.2 Å². The van der Waals surface area contributed by atoms with Gasteiger partial charge in [-0.25, -0.2) is 0 Å². The fraction of sp³-hybridized carbons (Fsp3) is 0.481. The Bertz CT molecular complexity index is 985. The number of methoxy groups -OCH3 is 1. The number of carbonyl (C=O) groups excluding carboxylic acids is 2. The van der Waals surface area contributed by atoms with Crippen molar-refractivity contribution >= 4 is 11.8 Å². The van der Waals surface area contributed by atoms with Crippen LogP contribution in [0.4, 0.5) is 0 Å². The minimum atomic E-state index is -0.560. The van der Waals surface area contributed by atoms with Crippen molar-refractivity contribution in [2.45, 2.75) is 64.1 Å². The van der Waals surface area contributed by atoms with Gasteiger partial charge in [0.2, 0.25) is 11.8 Å². The first-order valence-corrected chi connectivity index (χ1v) is 12.1. The highest BCUT2D eigenvalue weighted by Crippen LogP contribution is 2.31. The smallest absolute Gasteiger partial charge is 0.242 e. The van der Waals surface area contributed by atoms with E-state index >= 15 is 0 Å². The third-order valence-corrected chi connectivity index (χ3v) is 6.61. The number of nitrogens with one attached hydrogen (secondary N) is 1. The van der Waals surface area contributed by atoms with E-state index in [-0.39, 0.29) is 17.9 Å². The maximum atomic E-state index is 13.4. The van der Waals surface area contributed by atoms with Crippen LogP contribution in [0.15, 0.2) is 42.5 Å². The van der Waals surface area contributed by atoms with Crippen molar-refractivity contribution < 1.29 is 23.8 Å². The van der Waals surface area contributed by atoms with E-state index in [1.165, 1.54) is 0 Å². The molecule has 1 heterocycles. The number of aryl methyl sites for hydroxylation is 1. The highest BCUT2D eigenvalue weighted by Gasteiger charge is 2.28. The van der Waals surface area contributed by atoms with E-state index in [2.05, 4.69) is 5.32 Å². The van der Waals surface area contributed by atoms with E-state index in [9.17, 15) is 9.59 Å². The number of benzene rings is 2. The molecule has 2 amide bonds. The Morgan fingerprint density at radius 3 is 2.41 bits per heavy atom. The highest BCUT2D eigenvalue weighted by molar-refractivity contribution is 5.87. The number of amides is 2. The molecule has 2 aromatic rings. The van der Waals surface area contributed by atoms with Gasteiger partial charge in [-0.1, -0.05) is 31.0 Å². The lowest BCUT2D eigenvalue weighted by Gasteiger charge is -2.30. The Balaban J connectivity index is 1.44. The molecule has 2 aliphatic rings. The zero-order valence-corrected chi connectivity index (χ0v) is 20.0. The lowest BCUT2D eigenvalue weighted by atomic mass is 10.1. The molecule has 1 aliphatic heterocycles. The summed E-state index contributed by atoms with van der Waals surface area (Å²) in [5.41, 5.74) is 1.96. The molecular weight excluding hydrogens is 432 g/mol. The van der Waals surface area contributed by atoms with Gasteiger partial charge in [-0.3, -0.25) is 9.59 Å². The fourth-order valence-corrected chi connectivity index (χ4v) is 4.54. The van der Waals surface area contributed by atoms with Crippen molar-refractivity contribution in [1.29, 1.82) is 0 Å². The predicted molar refractivity (Wildman–Crippen MR) is 129 cm³/mol. The van der Waals surface area contributed by atoms with Crippen LogP contribution in [0.2, 0.25) is 0 Å². The molecule has 1 aliphatic carbocycles. The summed E-state index contributed by atoms with van der Waals surface area (Å²) in [5.74, 6) is 2.07. The monoisotopic (exact) mass is 466 g/mol. The van der Waals surface area contributed by atoms with Gasteiger partial charge in [0.25, 0.3) is 0 Å². The summed E-state index contributed by atoms with van der Waals surface area (Å²) in [5, 5.41) is 3.14. The lowest BCUT2D eigenvalue weighted by molar-refractivity contribution is -0.140. The SMILES string of the molecule is COc1ccc(CN(C(=O)CCc2ccc3c(c2)OCCO3)[C@H](C)C(=O)NC2CCCC2)cc1. The molecule has 182 valence electrons. The molecule has 34 heavy (non-hydrogen) atoms. The Kier molecular flexibility index (Phi) is 7.93. The number of hydrogen-bond acceptors (Lipinski definition) is 5. The standard InChI is InChI=1S/C27H34N2O5/c1-19(27(31)28-22-5-3-4-6-22)29(18-21-7-11-23(32-2)12-8-21)26(30)14-10-20-9-13-24-25(17-20)34-16-15-33-24/h7-9,11-13,17,19,22H,3-6,10,14-16,18H2,1-2H3,(H,28,31)/t19-/m1/s1. The van der Waals surface area contributed by atoms with Crippen LogP contribution in [-0.2, 0) is 22.6 Å². The minimum Gasteiger partial charge on any atom is -0.497 e. The zero-order valence-electron chi connectivity index (χ0n) is 20.0. The van der Waals surface area contributed by atoms with Crippen LogP contribution in [0, 0.1) is 0 Å². The second kappa shape index (κ2) is 11.3. The number of carbonyl (C=O) groups is 2. The zero-order chi connectivity index (χ0) is 23.9. The maximum Gasteiger partial charge on any atom is 0.242 e. The second-order valence-corrected chi connectivity index (χ2v) is 9.01. The Labute approximate surface area is 201 Å². The summed E-state index contributed by atoms with van der Waals surface area (Å²) < 4.78 is 16.5. The molecule has 7 nitrogen and oxygen atoms in total. The largest absolute Gasteiger partial charge is 0.497 e. The quantitative estimate of drug-likeness (QED) is 0.607. The van der Waals surface area contributed by atoms with Crippen LogP contribution in [0.25, 0.3) is 0 Å². The third-order valence-electron chi connectivity index (χ3n) is 6.61. The molecule has 1 saturated carbocycles. The summed E-state index contributed by atoms with van der Waals surface area (Å²) in [6, 6.07) is 13.1. The molecule has 4 rings (SSSR count). The molecule has 1 fully saturated rings. The minimum absolute atomic E-state index is 0.0558. The number of rotatable bonds is 9. The molecule has 0 radical (unpaired) electrons. The van der Waals surface area contributed by atoms with E-state index in [1.807, 2.05) is 49.4 Å². The van der Waals surface area contributed by atoms with Gasteiger partial charge < -0.3 is 24.4 Å². The van der Waals surface area contributed by atoms with Gasteiger partial charge in [-0.2, -0.15) is 0 Å². The average molecular weight is 467 g/mol. The van der Waals surface area contributed by atoms with E-state index in [0.29, 0.717) is 32.6 Å². The van der Waals surface area contributed by atoms with E-state index in [0.717, 1.165) is 54.1 Å². The van der Waals surface area contributed by atoms with Gasteiger partial charge in [-0.15, -0.1) is 0 Å². The van der Waals surface area contributed by atoms with Gasteiger partial charge in [-0.05, 0) is 61.6 Å². The van der Waals surface area contributed by atoms with Crippen molar-refractivity contribution in [2.75, 3.05) is 20.3 Å². The Hall–Kier alpha value is -3.22. The molecule has 0 unspecified atom stereocenters. The normalized spacial score (nSPS) is 16.1. The van der Waals surface area contributed by atoms with Gasteiger partial charge in [0.1, 0.15) is 25.0 Å². The van der Waals surface area contributed by atoms with Crippen LogP contribution in [0.3, 0.4) is 0 Å². The third kappa shape index (κ3) is 6.01. The van der Waals surface area contributed by atoms with Gasteiger partial charge in [0, 0.05) is 19.0 Å². The van der Waals surface area contributed by atoms with Gasteiger partial charge in [0.05, 0.1) is 7.11 Å². The van der Waals surface area contributed by atoms with E-state index in [1.54, 1.807) is 12.0 Å². The molecule has 1 N–H and O–H groups in total. The van der Waals surface area contributed by atoms with Crippen LogP contribution >= 0.6 is 0 Å². The molecule has 0 aromatic heterocycles. The van der Waals surface area contributed by atoms with Gasteiger partial charge >= 0.3 is 0 Å². The summed E-state index contributed by atoms with van der Waals surface area (Å²) in [6.07, 6.45) is 5.17. The first kappa shape index (κ1) is 23.9. The number of hydrogen-bond donors (Lipinski definition) is 1. The molecule has 2 aromatic carbocycles. The summed E-state index contributed by atoms with van der Waals surface area (Å²) in [4.78, 5) is 28.1. The van der Waals surface area contributed by atoms with Gasteiger partial charge in [0.15, 0.2) is 11.5 Å².